The molecule has 0 saturated heterocycles. The van der Waals surface area contributed by atoms with E-state index in [2.05, 4.69) is 21.2 Å². The van der Waals surface area contributed by atoms with E-state index in [9.17, 15) is 9.18 Å². The first-order valence-electron chi connectivity index (χ1n) is 5.57. The molecule has 0 radical (unpaired) electrons. The number of nitrogens with one attached hydrogen (secondary N) is 1. The third-order valence-electron chi connectivity index (χ3n) is 2.60. The third-order valence-corrected chi connectivity index (χ3v) is 3.37. The number of carboxylic acids is 1. The molecule has 0 aliphatic rings. The van der Waals surface area contributed by atoms with Crippen LogP contribution >= 0.6 is 15.9 Å². The normalized spacial score (nSPS) is 10.2. The molecule has 98 valence electrons. The Labute approximate surface area is 118 Å². The standard InChI is InChI=1S/C14H11BrFNO2/c15-13-5-4-11(16)6-10(13)8-17-12-3-1-2-9(7-12)14(18)19/h1-7,17H,8H2,(H,18,19). The summed E-state index contributed by atoms with van der Waals surface area (Å²) in [4.78, 5) is 10.8. The number of carboxylic acid groups (broad SMARTS) is 1. The lowest BCUT2D eigenvalue weighted by molar-refractivity contribution is 0.0697. The Morgan fingerprint density at radius 3 is 2.79 bits per heavy atom. The highest BCUT2D eigenvalue weighted by atomic mass is 79.9. The monoisotopic (exact) mass is 323 g/mol. The second-order valence-electron chi connectivity index (χ2n) is 3.98. The zero-order chi connectivity index (χ0) is 13.8. The summed E-state index contributed by atoms with van der Waals surface area (Å²) in [5.41, 5.74) is 1.65. The molecule has 0 heterocycles. The first-order valence-corrected chi connectivity index (χ1v) is 6.37. The predicted octanol–water partition coefficient (Wildman–Crippen LogP) is 3.90. The van der Waals surface area contributed by atoms with E-state index in [1.165, 1.54) is 24.3 Å². The highest BCUT2D eigenvalue weighted by Gasteiger charge is 2.05. The molecule has 2 aromatic rings. The Morgan fingerprint density at radius 1 is 1.26 bits per heavy atom. The maximum atomic E-state index is 13.1. The Bertz CT molecular complexity index is 616. The molecular formula is C14H11BrFNO2. The van der Waals surface area contributed by atoms with Gasteiger partial charge in [-0.2, -0.15) is 0 Å². The topological polar surface area (TPSA) is 49.3 Å². The van der Waals surface area contributed by atoms with Crippen molar-refractivity contribution in [3.8, 4) is 0 Å². The Kier molecular flexibility index (Phi) is 4.16. The van der Waals surface area contributed by atoms with Crippen molar-refractivity contribution in [2.24, 2.45) is 0 Å². The van der Waals surface area contributed by atoms with Crippen molar-refractivity contribution >= 4 is 27.6 Å². The number of benzene rings is 2. The molecule has 2 N–H and O–H groups in total. The average Bonchev–Trinajstić information content (AvgIpc) is 2.40. The van der Waals surface area contributed by atoms with Crippen LogP contribution in [0.1, 0.15) is 15.9 Å². The van der Waals surface area contributed by atoms with E-state index < -0.39 is 5.97 Å². The van der Waals surface area contributed by atoms with Crippen LogP contribution in [0.4, 0.5) is 10.1 Å². The highest BCUT2D eigenvalue weighted by molar-refractivity contribution is 9.10. The van der Waals surface area contributed by atoms with E-state index in [-0.39, 0.29) is 11.4 Å². The van der Waals surface area contributed by atoms with Crippen LogP contribution in [0.2, 0.25) is 0 Å². The van der Waals surface area contributed by atoms with E-state index in [1.54, 1.807) is 18.2 Å². The van der Waals surface area contributed by atoms with E-state index in [0.29, 0.717) is 12.2 Å². The van der Waals surface area contributed by atoms with Crippen LogP contribution in [0, 0.1) is 5.82 Å². The van der Waals surface area contributed by atoms with Crippen molar-refractivity contribution in [3.05, 3.63) is 63.9 Å². The molecule has 0 saturated carbocycles. The van der Waals surface area contributed by atoms with Gasteiger partial charge < -0.3 is 10.4 Å². The van der Waals surface area contributed by atoms with Crippen LogP contribution < -0.4 is 5.32 Å². The lowest BCUT2D eigenvalue weighted by Crippen LogP contribution is -2.02. The van der Waals surface area contributed by atoms with Crippen molar-refractivity contribution in [1.82, 2.24) is 0 Å². The summed E-state index contributed by atoms with van der Waals surface area (Å²) in [6.45, 7) is 0.404. The average molecular weight is 324 g/mol. The first kappa shape index (κ1) is 13.5. The molecule has 19 heavy (non-hydrogen) atoms. The second-order valence-corrected chi connectivity index (χ2v) is 4.83. The summed E-state index contributed by atoms with van der Waals surface area (Å²) >= 11 is 3.34. The van der Waals surface area contributed by atoms with Crippen LogP contribution in [0.3, 0.4) is 0 Å². The van der Waals surface area contributed by atoms with Crippen LogP contribution in [0.15, 0.2) is 46.9 Å². The van der Waals surface area contributed by atoms with Gasteiger partial charge in [0.25, 0.3) is 0 Å². The fourth-order valence-electron chi connectivity index (χ4n) is 1.64. The van der Waals surface area contributed by atoms with Gasteiger partial charge in [0.15, 0.2) is 0 Å². The van der Waals surface area contributed by atoms with Gasteiger partial charge in [-0.05, 0) is 42.0 Å². The van der Waals surface area contributed by atoms with Crippen LogP contribution in [-0.2, 0) is 6.54 Å². The third kappa shape index (κ3) is 3.54. The van der Waals surface area contributed by atoms with Gasteiger partial charge in [-0.25, -0.2) is 9.18 Å². The summed E-state index contributed by atoms with van der Waals surface area (Å²) in [5, 5.41) is 12.0. The molecule has 0 amide bonds. The predicted molar refractivity (Wildman–Crippen MR) is 74.8 cm³/mol. The molecule has 0 atom stereocenters. The number of carbonyl (C=O) groups is 1. The van der Waals surface area contributed by atoms with Crippen LogP contribution in [0.5, 0.6) is 0 Å². The van der Waals surface area contributed by atoms with E-state index in [4.69, 9.17) is 5.11 Å². The Morgan fingerprint density at radius 2 is 2.05 bits per heavy atom. The van der Waals surface area contributed by atoms with E-state index in [1.807, 2.05) is 0 Å². The fraction of sp³-hybridized carbons (Fsp3) is 0.0714. The Hall–Kier alpha value is -1.88. The quantitative estimate of drug-likeness (QED) is 0.897. The van der Waals surface area contributed by atoms with Crippen LogP contribution in [0.25, 0.3) is 0 Å². The van der Waals surface area contributed by atoms with Crippen molar-refractivity contribution in [1.29, 1.82) is 0 Å². The smallest absolute Gasteiger partial charge is 0.335 e. The number of aromatic carboxylic acids is 1. The molecule has 0 bridgehead atoms. The largest absolute Gasteiger partial charge is 0.478 e. The zero-order valence-corrected chi connectivity index (χ0v) is 11.4. The summed E-state index contributed by atoms with van der Waals surface area (Å²) in [5.74, 6) is -1.28. The fourth-order valence-corrected chi connectivity index (χ4v) is 2.03. The maximum absolute atomic E-state index is 13.1. The van der Waals surface area contributed by atoms with Gasteiger partial charge in [0.1, 0.15) is 5.82 Å². The zero-order valence-electron chi connectivity index (χ0n) is 9.86. The second kappa shape index (κ2) is 5.84. The molecule has 5 heteroatoms. The summed E-state index contributed by atoms with van der Waals surface area (Å²) < 4.78 is 13.9. The first-order chi connectivity index (χ1) is 9.06. The Balaban J connectivity index is 2.12. The van der Waals surface area contributed by atoms with Gasteiger partial charge in [-0.3, -0.25) is 0 Å². The summed E-state index contributed by atoms with van der Waals surface area (Å²) in [6, 6.07) is 10.9. The SMILES string of the molecule is O=C(O)c1cccc(NCc2cc(F)ccc2Br)c1. The lowest BCUT2D eigenvalue weighted by atomic mass is 10.2. The van der Waals surface area contributed by atoms with Crippen LogP contribution in [-0.4, -0.2) is 11.1 Å². The van der Waals surface area contributed by atoms with E-state index >= 15 is 0 Å². The number of hydrogen-bond acceptors (Lipinski definition) is 2. The van der Waals surface area contributed by atoms with Crippen molar-refractivity contribution in [3.63, 3.8) is 0 Å². The molecular weight excluding hydrogens is 313 g/mol. The molecule has 0 aromatic heterocycles. The van der Waals surface area contributed by atoms with Crippen molar-refractivity contribution in [2.75, 3.05) is 5.32 Å². The van der Waals surface area contributed by atoms with E-state index in [0.717, 1.165) is 10.0 Å². The van der Waals surface area contributed by atoms with Gasteiger partial charge in [0, 0.05) is 16.7 Å². The number of anilines is 1. The minimum Gasteiger partial charge on any atom is -0.478 e. The minimum atomic E-state index is -0.976. The summed E-state index contributed by atoms with van der Waals surface area (Å²) in [7, 11) is 0. The number of hydrogen-bond donors (Lipinski definition) is 2. The maximum Gasteiger partial charge on any atom is 0.335 e. The molecule has 0 aliphatic heterocycles. The highest BCUT2D eigenvalue weighted by Crippen LogP contribution is 2.19. The molecule has 0 aliphatic carbocycles. The summed E-state index contributed by atoms with van der Waals surface area (Å²) in [6.07, 6.45) is 0. The molecule has 0 fully saturated rings. The van der Waals surface area contributed by atoms with Gasteiger partial charge in [-0.15, -0.1) is 0 Å². The molecule has 0 spiro atoms. The van der Waals surface area contributed by atoms with Gasteiger partial charge >= 0.3 is 5.97 Å². The van der Waals surface area contributed by atoms with Gasteiger partial charge in [-0.1, -0.05) is 22.0 Å². The van der Waals surface area contributed by atoms with Crippen molar-refractivity contribution in [2.45, 2.75) is 6.54 Å². The van der Waals surface area contributed by atoms with Gasteiger partial charge in [0.05, 0.1) is 5.56 Å². The minimum absolute atomic E-state index is 0.211. The lowest BCUT2D eigenvalue weighted by Gasteiger charge is -2.09. The molecule has 2 aromatic carbocycles. The van der Waals surface area contributed by atoms with Crippen molar-refractivity contribution < 1.29 is 14.3 Å². The molecule has 0 unspecified atom stereocenters. The van der Waals surface area contributed by atoms with Gasteiger partial charge in [0.2, 0.25) is 0 Å². The molecule has 2 rings (SSSR count). The molecule has 3 nitrogen and oxygen atoms in total. The number of rotatable bonds is 4. The number of halogens is 2.